The third-order valence-corrected chi connectivity index (χ3v) is 4.44. The molecular formula is C21H18Cl2N2O5. The molecule has 3 aromatic rings. The van der Waals surface area contributed by atoms with Crippen LogP contribution in [-0.4, -0.2) is 25.5 Å². The van der Waals surface area contributed by atoms with Crippen molar-refractivity contribution in [2.24, 2.45) is 0 Å². The molecule has 156 valence electrons. The number of ether oxygens (including phenoxy) is 2. The Balaban J connectivity index is 1.49. The minimum atomic E-state index is -0.522. The summed E-state index contributed by atoms with van der Waals surface area (Å²) >= 11 is 11.9. The number of benzene rings is 2. The Morgan fingerprint density at radius 2 is 1.90 bits per heavy atom. The van der Waals surface area contributed by atoms with Gasteiger partial charge in [0.05, 0.1) is 18.7 Å². The molecule has 30 heavy (non-hydrogen) atoms. The first-order valence-electron chi connectivity index (χ1n) is 8.83. The Hall–Kier alpha value is -3.16. The van der Waals surface area contributed by atoms with Crippen LogP contribution < -0.4 is 20.1 Å². The van der Waals surface area contributed by atoms with E-state index in [9.17, 15) is 9.59 Å². The van der Waals surface area contributed by atoms with Crippen molar-refractivity contribution in [3.8, 4) is 11.5 Å². The molecule has 3 rings (SSSR count). The van der Waals surface area contributed by atoms with Gasteiger partial charge in [-0.2, -0.15) is 0 Å². The maximum atomic E-state index is 12.2. The zero-order valence-corrected chi connectivity index (χ0v) is 17.4. The zero-order chi connectivity index (χ0) is 21.5. The van der Waals surface area contributed by atoms with E-state index in [-0.39, 0.29) is 24.8 Å². The first-order chi connectivity index (χ1) is 14.4. The van der Waals surface area contributed by atoms with Crippen molar-refractivity contribution < 1.29 is 23.5 Å². The van der Waals surface area contributed by atoms with Gasteiger partial charge in [-0.25, -0.2) is 0 Å². The Labute approximate surface area is 182 Å². The summed E-state index contributed by atoms with van der Waals surface area (Å²) in [5.74, 6) is 0.632. The third-order valence-electron chi connectivity index (χ3n) is 3.91. The number of amides is 2. The zero-order valence-electron chi connectivity index (χ0n) is 15.9. The lowest BCUT2D eigenvalue weighted by atomic mass is 10.3. The molecule has 0 spiro atoms. The molecule has 0 atom stereocenters. The van der Waals surface area contributed by atoms with Crippen molar-refractivity contribution in [2.75, 3.05) is 19.0 Å². The predicted molar refractivity (Wildman–Crippen MR) is 113 cm³/mol. The summed E-state index contributed by atoms with van der Waals surface area (Å²) in [6.45, 7) is -0.145. The Morgan fingerprint density at radius 3 is 2.67 bits per heavy atom. The van der Waals surface area contributed by atoms with Gasteiger partial charge >= 0.3 is 0 Å². The molecule has 0 fully saturated rings. The number of rotatable bonds is 8. The number of hydrogen-bond acceptors (Lipinski definition) is 5. The lowest BCUT2D eigenvalue weighted by Crippen LogP contribution is -2.32. The molecule has 0 unspecified atom stereocenters. The van der Waals surface area contributed by atoms with E-state index in [4.69, 9.17) is 37.1 Å². The van der Waals surface area contributed by atoms with Crippen LogP contribution in [-0.2, 0) is 11.4 Å². The van der Waals surface area contributed by atoms with E-state index in [1.807, 2.05) is 0 Å². The van der Waals surface area contributed by atoms with Gasteiger partial charge in [0.1, 0.15) is 23.9 Å². The minimum Gasteiger partial charge on any atom is -0.497 e. The van der Waals surface area contributed by atoms with Crippen LogP contribution >= 0.6 is 23.2 Å². The van der Waals surface area contributed by atoms with Crippen LogP contribution in [0, 0.1) is 0 Å². The molecule has 7 nitrogen and oxygen atoms in total. The molecule has 0 aliphatic carbocycles. The fourth-order valence-electron chi connectivity index (χ4n) is 2.47. The summed E-state index contributed by atoms with van der Waals surface area (Å²) in [6, 6.07) is 14.9. The van der Waals surface area contributed by atoms with Crippen LogP contribution in [0.15, 0.2) is 59.0 Å². The number of carbonyl (C=O) groups excluding carboxylic acids is 2. The number of methoxy groups -OCH3 is 1. The molecule has 0 saturated carbocycles. The lowest BCUT2D eigenvalue weighted by molar-refractivity contribution is -0.115. The number of anilines is 1. The Morgan fingerprint density at radius 1 is 1.07 bits per heavy atom. The van der Waals surface area contributed by atoms with E-state index >= 15 is 0 Å². The number of carbonyl (C=O) groups is 2. The molecule has 0 saturated heterocycles. The van der Waals surface area contributed by atoms with Crippen molar-refractivity contribution in [3.63, 3.8) is 0 Å². The van der Waals surface area contributed by atoms with Gasteiger partial charge in [0.25, 0.3) is 5.91 Å². The van der Waals surface area contributed by atoms with Gasteiger partial charge in [-0.1, -0.05) is 29.3 Å². The first kappa shape index (κ1) is 21.5. The average Bonchev–Trinajstić information content (AvgIpc) is 3.20. The lowest BCUT2D eigenvalue weighted by Gasteiger charge is -2.08. The number of halogens is 2. The predicted octanol–water partition coefficient (Wildman–Crippen LogP) is 4.54. The molecule has 9 heteroatoms. The fraction of sp³-hybridized carbons (Fsp3) is 0.143. The van der Waals surface area contributed by atoms with Gasteiger partial charge in [-0.15, -0.1) is 0 Å². The van der Waals surface area contributed by atoms with E-state index in [2.05, 4.69) is 10.6 Å². The summed E-state index contributed by atoms with van der Waals surface area (Å²) in [5, 5.41) is 6.04. The SMILES string of the molecule is COc1cccc(NC(=O)CNC(=O)c2ccc(COc3ccc(Cl)cc3Cl)o2)c1. The molecule has 1 aromatic heterocycles. The average molecular weight is 449 g/mol. The molecule has 0 aliphatic rings. The highest BCUT2D eigenvalue weighted by Gasteiger charge is 2.13. The highest BCUT2D eigenvalue weighted by molar-refractivity contribution is 6.35. The van der Waals surface area contributed by atoms with Gasteiger partial charge in [0.15, 0.2) is 5.76 Å². The van der Waals surface area contributed by atoms with Crippen LogP contribution in [0.5, 0.6) is 11.5 Å². The molecule has 0 aliphatic heterocycles. The fourth-order valence-corrected chi connectivity index (χ4v) is 2.94. The first-order valence-corrected chi connectivity index (χ1v) is 9.59. The third kappa shape index (κ3) is 5.92. The Bertz CT molecular complexity index is 1050. The van der Waals surface area contributed by atoms with Gasteiger partial charge in [-0.3, -0.25) is 9.59 Å². The van der Waals surface area contributed by atoms with Crippen molar-refractivity contribution in [1.29, 1.82) is 0 Å². The summed E-state index contributed by atoms with van der Waals surface area (Å²) in [7, 11) is 1.54. The molecule has 2 N–H and O–H groups in total. The summed E-state index contributed by atoms with van der Waals surface area (Å²) in [6.07, 6.45) is 0. The van der Waals surface area contributed by atoms with Gasteiger partial charge in [-0.05, 0) is 42.5 Å². The van der Waals surface area contributed by atoms with Gasteiger partial charge in [0, 0.05) is 16.8 Å². The summed E-state index contributed by atoms with van der Waals surface area (Å²) in [5.41, 5.74) is 0.562. The van der Waals surface area contributed by atoms with Gasteiger partial charge in [0.2, 0.25) is 5.91 Å². The molecule has 0 radical (unpaired) electrons. The smallest absolute Gasteiger partial charge is 0.287 e. The monoisotopic (exact) mass is 448 g/mol. The number of nitrogens with one attached hydrogen (secondary N) is 2. The van der Waals surface area contributed by atoms with Crippen molar-refractivity contribution >= 4 is 40.7 Å². The number of hydrogen-bond donors (Lipinski definition) is 2. The molecule has 2 amide bonds. The minimum absolute atomic E-state index is 0.0602. The quantitative estimate of drug-likeness (QED) is 0.527. The van der Waals surface area contributed by atoms with Crippen molar-refractivity contribution in [1.82, 2.24) is 5.32 Å². The van der Waals surface area contributed by atoms with Crippen LogP contribution in [0.1, 0.15) is 16.3 Å². The molecular weight excluding hydrogens is 431 g/mol. The second-order valence-electron chi connectivity index (χ2n) is 6.09. The Kier molecular flexibility index (Phi) is 7.21. The van der Waals surface area contributed by atoms with Crippen LogP contribution in [0.25, 0.3) is 0 Å². The second-order valence-corrected chi connectivity index (χ2v) is 6.94. The van der Waals surface area contributed by atoms with Gasteiger partial charge < -0.3 is 24.5 Å². The van der Waals surface area contributed by atoms with Crippen LogP contribution in [0.3, 0.4) is 0 Å². The molecule has 2 aromatic carbocycles. The van der Waals surface area contributed by atoms with Crippen molar-refractivity contribution in [2.45, 2.75) is 6.61 Å². The highest BCUT2D eigenvalue weighted by Crippen LogP contribution is 2.28. The van der Waals surface area contributed by atoms with E-state index in [0.29, 0.717) is 33.0 Å². The molecule has 0 bridgehead atoms. The summed E-state index contributed by atoms with van der Waals surface area (Å²) < 4.78 is 16.1. The van der Waals surface area contributed by atoms with E-state index in [0.717, 1.165) is 0 Å². The topological polar surface area (TPSA) is 89.8 Å². The van der Waals surface area contributed by atoms with Crippen LogP contribution in [0.2, 0.25) is 10.0 Å². The largest absolute Gasteiger partial charge is 0.497 e. The number of furan rings is 1. The summed E-state index contributed by atoms with van der Waals surface area (Å²) in [4.78, 5) is 24.2. The molecule has 1 heterocycles. The normalized spacial score (nSPS) is 10.4. The van der Waals surface area contributed by atoms with E-state index < -0.39 is 5.91 Å². The second kappa shape index (κ2) is 10.0. The maximum Gasteiger partial charge on any atom is 0.287 e. The standard InChI is InChI=1S/C21H18Cl2N2O5/c1-28-15-4-2-3-14(10-15)25-20(26)11-24-21(27)19-8-6-16(30-19)12-29-18-7-5-13(22)9-17(18)23/h2-10H,11-12H2,1H3,(H,24,27)(H,25,26). The highest BCUT2D eigenvalue weighted by atomic mass is 35.5. The maximum absolute atomic E-state index is 12.2. The van der Waals surface area contributed by atoms with E-state index in [1.165, 1.54) is 13.2 Å². The van der Waals surface area contributed by atoms with E-state index in [1.54, 1.807) is 48.5 Å². The van der Waals surface area contributed by atoms with Crippen LogP contribution in [0.4, 0.5) is 5.69 Å². The van der Waals surface area contributed by atoms with Crippen molar-refractivity contribution in [3.05, 3.63) is 76.2 Å².